The molecular formula is C16H16FN3S. The number of halogens is 1. The van der Waals surface area contributed by atoms with E-state index in [1.165, 1.54) is 12.1 Å². The standard InChI is InChI=1S/C16H16FN3S/c1-11(18)15(12-4-2-5-13(17)10-12)20-8-7-19-16(20)14-6-3-9-21-14/h2-11,15H,18H2,1H3. The van der Waals surface area contributed by atoms with Gasteiger partial charge in [0.15, 0.2) is 5.82 Å². The molecule has 2 unspecified atom stereocenters. The van der Waals surface area contributed by atoms with Crippen molar-refractivity contribution in [3.05, 3.63) is 65.6 Å². The van der Waals surface area contributed by atoms with Crippen LogP contribution in [0.2, 0.25) is 0 Å². The molecule has 0 spiro atoms. The lowest BCUT2D eigenvalue weighted by Gasteiger charge is -2.24. The number of nitrogens with zero attached hydrogens (tertiary/aromatic N) is 2. The molecule has 3 nitrogen and oxygen atoms in total. The molecule has 0 fully saturated rings. The number of imidazole rings is 1. The Morgan fingerprint density at radius 3 is 2.81 bits per heavy atom. The minimum atomic E-state index is -0.254. The summed E-state index contributed by atoms with van der Waals surface area (Å²) in [6.45, 7) is 1.92. The van der Waals surface area contributed by atoms with Crippen LogP contribution in [0.25, 0.3) is 10.7 Å². The number of benzene rings is 1. The van der Waals surface area contributed by atoms with Crippen molar-refractivity contribution in [3.8, 4) is 10.7 Å². The van der Waals surface area contributed by atoms with Crippen LogP contribution in [-0.2, 0) is 0 Å². The zero-order valence-electron chi connectivity index (χ0n) is 11.6. The molecule has 2 aromatic heterocycles. The summed E-state index contributed by atoms with van der Waals surface area (Å²) in [4.78, 5) is 5.51. The van der Waals surface area contributed by atoms with Crippen molar-refractivity contribution in [1.82, 2.24) is 9.55 Å². The van der Waals surface area contributed by atoms with Crippen LogP contribution in [0, 0.1) is 5.82 Å². The minimum Gasteiger partial charge on any atom is -0.326 e. The van der Waals surface area contributed by atoms with E-state index in [9.17, 15) is 4.39 Å². The first-order chi connectivity index (χ1) is 10.2. The summed E-state index contributed by atoms with van der Waals surface area (Å²) >= 11 is 1.62. The molecule has 3 aromatic rings. The van der Waals surface area contributed by atoms with Crippen molar-refractivity contribution in [2.45, 2.75) is 19.0 Å². The van der Waals surface area contributed by atoms with E-state index in [0.29, 0.717) is 0 Å². The third-order valence-electron chi connectivity index (χ3n) is 3.40. The summed E-state index contributed by atoms with van der Waals surface area (Å²) in [5.74, 6) is 0.604. The lowest BCUT2D eigenvalue weighted by atomic mass is 10.0. The monoisotopic (exact) mass is 301 g/mol. The lowest BCUT2D eigenvalue weighted by molar-refractivity contribution is 0.497. The van der Waals surface area contributed by atoms with Crippen molar-refractivity contribution in [3.63, 3.8) is 0 Å². The highest BCUT2D eigenvalue weighted by Gasteiger charge is 2.22. The fourth-order valence-corrected chi connectivity index (χ4v) is 3.27. The molecule has 2 atom stereocenters. The first kappa shape index (κ1) is 14.0. The molecule has 0 aliphatic carbocycles. The van der Waals surface area contributed by atoms with Gasteiger partial charge in [0.25, 0.3) is 0 Å². The van der Waals surface area contributed by atoms with Gasteiger partial charge in [0.1, 0.15) is 5.82 Å². The number of hydrogen-bond donors (Lipinski definition) is 1. The maximum Gasteiger partial charge on any atom is 0.150 e. The topological polar surface area (TPSA) is 43.8 Å². The molecule has 2 heterocycles. The summed E-state index contributed by atoms with van der Waals surface area (Å²) in [6.07, 6.45) is 3.65. The maximum atomic E-state index is 13.5. The van der Waals surface area contributed by atoms with Crippen LogP contribution in [0.5, 0.6) is 0 Å². The molecule has 1 aromatic carbocycles. The highest BCUT2D eigenvalue weighted by atomic mass is 32.1. The molecule has 21 heavy (non-hydrogen) atoms. The predicted octanol–water partition coefficient (Wildman–Crippen LogP) is 3.69. The van der Waals surface area contributed by atoms with Gasteiger partial charge in [0.05, 0.1) is 10.9 Å². The van der Waals surface area contributed by atoms with Gasteiger partial charge < -0.3 is 10.3 Å². The molecule has 0 bridgehead atoms. The highest BCUT2D eigenvalue weighted by molar-refractivity contribution is 7.13. The average molecular weight is 301 g/mol. The van der Waals surface area contributed by atoms with E-state index in [1.54, 1.807) is 23.6 Å². The lowest BCUT2D eigenvalue weighted by Crippen LogP contribution is -2.30. The third kappa shape index (κ3) is 2.75. The van der Waals surface area contributed by atoms with Crippen molar-refractivity contribution < 1.29 is 4.39 Å². The van der Waals surface area contributed by atoms with Crippen molar-refractivity contribution >= 4 is 11.3 Å². The molecule has 5 heteroatoms. The van der Waals surface area contributed by atoms with E-state index in [-0.39, 0.29) is 17.9 Å². The van der Waals surface area contributed by atoms with Crippen LogP contribution in [-0.4, -0.2) is 15.6 Å². The van der Waals surface area contributed by atoms with E-state index < -0.39 is 0 Å². The second kappa shape index (κ2) is 5.79. The summed E-state index contributed by atoms with van der Waals surface area (Å²) in [7, 11) is 0. The van der Waals surface area contributed by atoms with E-state index in [0.717, 1.165) is 16.3 Å². The Kier molecular flexibility index (Phi) is 3.86. The third-order valence-corrected chi connectivity index (χ3v) is 4.26. The summed E-state index contributed by atoms with van der Waals surface area (Å²) in [5.41, 5.74) is 7.01. The number of rotatable bonds is 4. The van der Waals surface area contributed by atoms with Crippen LogP contribution >= 0.6 is 11.3 Å². The van der Waals surface area contributed by atoms with Crippen LogP contribution in [0.3, 0.4) is 0 Å². The molecule has 0 amide bonds. The van der Waals surface area contributed by atoms with E-state index in [2.05, 4.69) is 4.98 Å². The van der Waals surface area contributed by atoms with Gasteiger partial charge in [-0.3, -0.25) is 0 Å². The van der Waals surface area contributed by atoms with Crippen molar-refractivity contribution in [2.75, 3.05) is 0 Å². The number of hydrogen-bond acceptors (Lipinski definition) is 3. The molecule has 0 saturated carbocycles. The summed E-state index contributed by atoms with van der Waals surface area (Å²) < 4.78 is 15.6. The number of aromatic nitrogens is 2. The second-order valence-corrected chi connectivity index (χ2v) is 5.94. The smallest absolute Gasteiger partial charge is 0.150 e. The van der Waals surface area contributed by atoms with Crippen molar-refractivity contribution in [2.24, 2.45) is 5.73 Å². The number of nitrogens with two attached hydrogens (primary N) is 1. The largest absolute Gasteiger partial charge is 0.326 e. The van der Waals surface area contributed by atoms with Crippen LogP contribution in [0.4, 0.5) is 4.39 Å². The quantitative estimate of drug-likeness (QED) is 0.798. The van der Waals surface area contributed by atoms with Gasteiger partial charge in [-0.25, -0.2) is 9.37 Å². The molecule has 108 valence electrons. The molecule has 0 radical (unpaired) electrons. The molecule has 3 rings (SSSR count). The predicted molar refractivity (Wildman–Crippen MR) is 83.7 cm³/mol. The molecule has 0 aliphatic rings. The summed E-state index contributed by atoms with van der Waals surface area (Å²) in [6, 6.07) is 10.3. The normalized spacial score (nSPS) is 14.0. The van der Waals surface area contributed by atoms with Gasteiger partial charge >= 0.3 is 0 Å². The van der Waals surface area contributed by atoms with Gasteiger partial charge in [0.2, 0.25) is 0 Å². The van der Waals surface area contributed by atoms with Gasteiger partial charge in [-0.15, -0.1) is 11.3 Å². The molecular weight excluding hydrogens is 285 g/mol. The number of thiophene rings is 1. The fraction of sp³-hybridized carbons (Fsp3) is 0.188. The molecule has 2 N–H and O–H groups in total. The Morgan fingerprint density at radius 2 is 2.14 bits per heavy atom. The Labute approximate surface area is 126 Å². The van der Waals surface area contributed by atoms with E-state index >= 15 is 0 Å². The van der Waals surface area contributed by atoms with Crippen molar-refractivity contribution in [1.29, 1.82) is 0 Å². The Balaban J connectivity index is 2.09. The fourth-order valence-electron chi connectivity index (χ4n) is 2.54. The summed E-state index contributed by atoms with van der Waals surface area (Å²) in [5, 5.41) is 2.01. The van der Waals surface area contributed by atoms with Gasteiger partial charge in [0, 0.05) is 18.4 Å². The molecule has 0 aliphatic heterocycles. The van der Waals surface area contributed by atoms with Crippen LogP contribution in [0.15, 0.2) is 54.2 Å². The van der Waals surface area contributed by atoms with Crippen LogP contribution < -0.4 is 5.73 Å². The Morgan fingerprint density at radius 1 is 1.29 bits per heavy atom. The first-order valence-electron chi connectivity index (χ1n) is 6.74. The first-order valence-corrected chi connectivity index (χ1v) is 7.62. The van der Waals surface area contributed by atoms with E-state index in [1.807, 2.05) is 41.3 Å². The Bertz CT molecular complexity index is 719. The van der Waals surface area contributed by atoms with Gasteiger partial charge in [-0.1, -0.05) is 18.2 Å². The molecule has 0 saturated heterocycles. The van der Waals surface area contributed by atoms with Crippen LogP contribution in [0.1, 0.15) is 18.5 Å². The zero-order chi connectivity index (χ0) is 14.8. The minimum absolute atomic E-state index is 0.153. The zero-order valence-corrected chi connectivity index (χ0v) is 12.4. The van der Waals surface area contributed by atoms with E-state index in [4.69, 9.17) is 5.73 Å². The Hall–Kier alpha value is -1.98. The van der Waals surface area contributed by atoms with Gasteiger partial charge in [-0.2, -0.15) is 0 Å². The second-order valence-electron chi connectivity index (χ2n) is 4.99. The average Bonchev–Trinajstić information content (AvgIpc) is 3.08. The SMILES string of the molecule is CC(N)C(c1cccc(F)c1)n1ccnc1-c1cccs1. The highest BCUT2D eigenvalue weighted by Crippen LogP contribution is 2.30. The van der Waals surface area contributed by atoms with Gasteiger partial charge in [-0.05, 0) is 36.1 Å². The maximum absolute atomic E-state index is 13.5.